The lowest BCUT2D eigenvalue weighted by Gasteiger charge is -2.12. The molecule has 0 amide bonds. The molecule has 6 heteroatoms. The molecule has 3 aromatic rings. The van der Waals surface area contributed by atoms with Crippen molar-refractivity contribution in [3.8, 4) is 0 Å². The Kier molecular flexibility index (Phi) is 8.29. The smallest absolute Gasteiger partial charge is 0.191 e. The Hall–Kier alpha value is -3.12. The summed E-state index contributed by atoms with van der Waals surface area (Å²) >= 11 is 0. The maximum absolute atomic E-state index is 5.72. The molecule has 1 heterocycles. The molecule has 0 aliphatic heterocycles. The summed E-state index contributed by atoms with van der Waals surface area (Å²) in [6.07, 6.45) is 3.82. The number of aliphatic imine (C=N–C) groups is 1. The largest absolute Gasteiger partial charge is 0.375 e. The lowest BCUT2D eigenvalue weighted by Crippen LogP contribution is -2.39. The summed E-state index contributed by atoms with van der Waals surface area (Å²) in [4.78, 5) is 9.13. The quantitative estimate of drug-likeness (QED) is 0.316. The van der Waals surface area contributed by atoms with Crippen LogP contribution in [0.25, 0.3) is 0 Å². The van der Waals surface area contributed by atoms with Gasteiger partial charge >= 0.3 is 0 Å². The summed E-state index contributed by atoms with van der Waals surface area (Å²) in [6.45, 7) is 6.09. The fourth-order valence-electron chi connectivity index (χ4n) is 2.91. The van der Waals surface area contributed by atoms with Crippen LogP contribution < -0.4 is 10.6 Å². The van der Waals surface area contributed by atoms with E-state index in [0.29, 0.717) is 26.3 Å². The van der Waals surface area contributed by atoms with E-state index >= 15 is 0 Å². The molecule has 0 aliphatic carbocycles. The van der Waals surface area contributed by atoms with Gasteiger partial charge in [-0.3, -0.25) is 0 Å². The standard InChI is InChI=1S/C23H29N5O/c1-2-24-23(26-14-16-29-19-21-11-7-4-8-12-21)27-17-22-25-13-15-28(22)18-20-9-5-3-6-10-20/h3-13,15H,2,14,16-19H2,1H3,(H2,24,26,27). The second-order valence-electron chi connectivity index (χ2n) is 6.62. The zero-order chi connectivity index (χ0) is 20.2. The Morgan fingerprint density at radius 3 is 2.45 bits per heavy atom. The Morgan fingerprint density at radius 2 is 1.72 bits per heavy atom. The van der Waals surface area contributed by atoms with E-state index in [9.17, 15) is 0 Å². The monoisotopic (exact) mass is 391 g/mol. The molecule has 0 atom stereocenters. The number of nitrogens with one attached hydrogen (secondary N) is 2. The molecule has 29 heavy (non-hydrogen) atoms. The first-order chi connectivity index (χ1) is 14.3. The van der Waals surface area contributed by atoms with Crippen molar-refractivity contribution in [2.75, 3.05) is 19.7 Å². The molecule has 0 saturated carbocycles. The number of guanidine groups is 1. The third-order valence-corrected chi connectivity index (χ3v) is 4.37. The van der Waals surface area contributed by atoms with Crippen LogP contribution in [0.1, 0.15) is 23.9 Å². The van der Waals surface area contributed by atoms with Gasteiger partial charge in [-0.25, -0.2) is 9.98 Å². The number of imidazole rings is 1. The molecule has 1 aromatic heterocycles. The summed E-state index contributed by atoms with van der Waals surface area (Å²) in [7, 11) is 0. The van der Waals surface area contributed by atoms with E-state index in [4.69, 9.17) is 4.74 Å². The fourth-order valence-corrected chi connectivity index (χ4v) is 2.91. The minimum Gasteiger partial charge on any atom is -0.375 e. The van der Waals surface area contributed by atoms with E-state index in [0.717, 1.165) is 24.9 Å². The van der Waals surface area contributed by atoms with Crippen molar-refractivity contribution < 1.29 is 4.74 Å². The summed E-state index contributed by atoms with van der Waals surface area (Å²) in [6, 6.07) is 20.6. The molecule has 0 unspecified atom stereocenters. The number of ether oxygens (including phenoxy) is 1. The van der Waals surface area contributed by atoms with Crippen molar-refractivity contribution in [3.05, 3.63) is 90.0 Å². The highest BCUT2D eigenvalue weighted by molar-refractivity contribution is 5.79. The molecule has 6 nitrogen and oxygen atoms in total. The van der Waals surface area contributed by atoms with Crippen LogP contribution in [0.3, 0.4) is 0 Å². The van der Waals surface area contributed by atoms with Crippen molar-refractivity contribution in [1.29, 1.82) is 0 Å². The summed E-state index contributed by atoms with van der Waals surface area (Å²) < 4.78 is 7.85. The topological polar surface area (TPSA) is 63.5 Å². The lowest BCUT2D eigenvalue weighted by molar-refractivity contribution is 0.125. The van der Waals surface area contributed by atoms with Gasteiger partial charge in [0.15, 0.2) is 5.96 Å². The van der Waals surface area contributed by atoms with Crippen LogP contribution in [-0.4, -0.2) is 35.2 Å². The van der Waals surface area contributed by atoms with Crippen LogP contribution in [0.4, 0.5) is 0 Å². The molecular formula is C23H29N5O. The van der Waals surface area contributed by atoms with Gasteiger partial charge in [0.05, 0.1) is 13.2 Å². The zero-order valence-electron chi connectivity index (χ0n) is 16.9. The van der Waals surface area contributed by atoms with Crippen LogP contribution in [0, 0.1) is 0 Å². The molecule has 0 spiro atoms. The van der Waals surface area contributed by atoms with Gasteiger partial charge in [-0.1, -0.05) is 60.7 Å². The molecule has 0 aliphatic rings. The van der Waals surface area contributed by atoms with Crippen molar-refractivity contribution in [3.63, 3.8) is 0 Å². The van der Waals surface area contributed by atoms with Crippen molar-refractivity contribution >= 4 is 5.96 Å². The summed E-state index contributed by atoms with van der Waals surface area (Å²) in [5.74, 6) is 1.71. The fraction of sp³-hybridized carbons (Fsp3) is 0.304. The highest BCUT2D eigenvalue weighted by atomic mass is 16.5. The van der Waals surface area contributed by atoms with E-state index in [-0.39, 0.29) is 0 Å². The van der Waals surface area contributed by atoms with Gasteiger partial charge in [0.25, 0.3) is 0 Å². The van der Waals surface area contributed by atoms with Gasteiger partial charge in [0, 0.05) is 32.0 Å². The number of rotatable bonds is 10. The normalized spacial score (nSPS) is 11.4. The maximum atomic E-state index is 5.72. The third-order valence-electron chi connectivity index (χ3n) is 4.37. The Morgan fingerprint density at radius 1 is 1.00 bits per heavy atom. The second-order valence-corrected chi connectivity index (χ2v) is 6.62. The Balaban J connectivity index is 1.47. The van der Waals surface area contributed by atoms with E-state index in [1.165, 1.54) is 11.1 Å². The van der Waals surface area contributed by atoms with Crippen molar-refractivity contribution in [1.82, 2.24) is 20.2 Å². The van der Waals surface area contributed by atoms with Crippen molar-refractivity contribution in [2.45, 2.75) is 26.6 Å². The van der Waals surface area contributed by atoms with E-state index in [1.54, 1.807) is 0 Å². The molecular weight excluding hydrogens is 362 g/mol. The number of hydrogen-bond donors (Lipinski definition) is 2. The van der Waals surface area contributed by atoms with Gasteiger partial charge in [0.2, 0.25) is 0 Å². The first kappa shape index (κ1) is 20.6. The van der Waals surface area contributed by atoms with Gasteiger partial charge in [0.1, 0.15) is 12.4 Å². The van der Waals surface area contributed by atoms with E-state index in [2.05, 4.69) is 68.5 Å². The van der Waals surface area contributed by atoms with Crippen molar-refractivity contribution in [2.24, 2.45) is 4.99 Å². The molecule has 0 radical (unpaired) electrons. The lowest BCUT2D eigenvalue weighted by atomic mass is 10.2. The predicted molar refractivity (Wildman–Crippen MR) is 117 cm³/mol. The van der Waals surface area contributed by atoms with E-state index < -0.39 is 0 Å². The van der Waals surface area contributed by atoms with Gasteiger partial charge < -0.3 is 19.9 Å². The minimum absolute atomic E-state index is 0.514. The van der Waals surface area contributed by atoms with Crippen LogP contribution in [-0.2, 0) is 24.4 Å². The van der Waals surface area contributed by atoms with Crippen LogP contribution in [0.2, 0.25) is 0 Å². The molecule has 0 saturated heterocycles. The number of aromatic nitrogens is 2. The van der Waals surface area contributed by atoms with Gasteiger partial charge in [-0.2, -0.15) is 0 Å². The number of hydrogen-bond acceptors (Lipinski definition) is 3. The predicted octanol–water partition coefficient (Wildman–Crippen LogP) is 3.20. The maximum Gasteiger partial charge on any atom is 0.191 e. The molecule has 0 fully saturated rings. The Labute approximate surface area is 172 Å². The van der Waals surface area contributed by atoms with Crippen LogP contribution in [0.5, 0.6) is 0 Å². The molecule has 0 bridgehead atoms. The number of benzene rings is 2. The molecule has 152 valence electrons. The van der Waals surface area contributed by atoms with Gasteiger partial charge in [-0.15, -0.1) is 0 Å². The zero-order valence-corrected chi connectivity index (χ0v) is 16.9. The average molecular weight is 392 g/mol. The highest BCUT2D eigenvalue weighted by Gasteiger charge is 2.04. The van der Waals surface area contributed by atoms with Gasteiger partial charge in [-0.05, 0) is 18.1 Å². The summed E-state index contributed by atoms with van der Waals surface area (Å²) in [5, 5.41) is 6.58. The minimum atomic E-state index is 0.514. The molecule has 2 aromatic carbocycles. The molecule has 2 N–H and O–H groups in total. The highest BCUT2D eigenvalue weighted by Crippen LogP contribution is 2.06. The molecule has 3 rings (SSSR count). The average Bonchev–Trinajstić information content (AvgIpc) is 3.20. The summed E-state index contributed by atoms with van der Waals surface area (Å²) in [5.41, 5.74) is 2.43. The second kappa shape index (κ2) is 11.7. The van der Waals surface area contributed by atoms with E-state index in [1.807, 2.05) is 36.7 Å². The SMILES string of the molecule is CCNC(=NCc1nccn1Cc1ccccc1)NCCOCc1ccccc1. The van der Waals surface area contributed by atoms with Crippen LogP contribution in [0.15, 0.2) is 78.0 Å². The third kappa shape index (κ3) is 7.08. The number of nitrogens with zero attached hydrogens (tertiary/aromatic N) is 3. The Bertz CT molecular complexity index is 861. The first-order valence-electron chi connectivity index (χ1n) is 10.0. The van der Waals surface area contributed by atoms with Crippen LogP contribution >= 0.6 is 0 Å². The first-order valence-corrected chi connectivity index (χ1v) is 10.0.